The number of hydrogen-bond donors (Lipinski definition) is 4. The van der Waals surface area contributed by atoms with Gasteiger partial charge in [0.2, 0.25) is 0 Å². The van der Waals surface area contributed by atoms with Crippen LogP contribution in [-0.2, 0) is 0 Å². The fourth-order valence-electron chi connectivity index (χ4n) is 1.53. The second-order valence-corrected chi connectivity index (χ2v) is 4.07. The third-order valence-electron chi connectivity index (χ3n) is 2.53. The molecule has 6 heteroatoms. The van der Waals surface area contributed by atoms with Crippen molar-refractivity contribution in [3.05, 3.63) is 53.6 Å². The van der Waals surface area contributed by atoms with Crippen molar-refractivity contribution in [1.29, 1.82) is 0 Å². The molecule has 0 unspecified atom stereocenters. The Morgan fingerprint density at radius 1 is 1.15 bits per heavy atom. The number of hydrogen-bond acceptors (Lipinski definition) is 5. The van der Waals surface area contributed by atoms with Crippen LogP contribution >= 0.6 is 0 Å². The summed E-state index contributed by atoms with van der Waals surface area (Å²) in [4.78, 5) is 11.7. The van der Waals surface area contributed by atoms with Gasteiger partial charge in [0, 0.05) is 11.3 Å². The molecule has 0 aliphatic rings. The maximum absolute atomic E-state index is 11.7. The Labute approximate surface area is 115 Å². The highest BCUT2D eigenvalue weighted by Crippen LogP contribution is 2.23. The standard InChI is InChI=1S/C14H13N3O3/c15-11-3-1-2-10(7-11)14(20)17-16-8-9-4-5-12(18)13(19)6-9/h1-8,18-19H,15H2,(H,17,20)/b16-8-. The van der Waals surface area contributed by atoms with E-state index in [4.69, 9.17) is 10.8 Å². The Morgan fingerprint density at radius 2 is 1.95 bits per heavy atom. The van der Waals surface area contributed by atoms with Crippen LogP contribution in [0.3, 0.4) is 0 Å². The molecule has 0 saturated heterocycles. The Balaban J connectivity index is 2.02. The molecular formula is C14H13N3O3. The Bertz CT molecular complexity index is 668. The second kappa shape index (κ2) is 5.75. The first-order chi connectivity index (χ1) is 9.56. The Kier molecular flexibility index (Phi) is 3.85. The van der Waals surface area contributed by atoms with Crippen molar-refractivity contribution in [2.75, 3.05) is 5.73 Å². The molecule has 0 aromatic heterocycles. The van der Waals surface area contributed by atoms with Crippen molar-refractivity contribution in [2.24, 2.45) is 5.10 Å². The summed E-state index contributed by atoms with van der Waals surface area (Å²) in [5.41, 5.74) is 9.34. The number of nitrogens with one attached hydrogen (secondary N) is 1. The predicted octanol–water partition coefficient (Wildman–Crippen LogP) is 1.44. The first kappa shape index (κ1) is 13.4. The number of carbonyl (C=O) groups excluding carboxylic acids is 1. The number of hydrazone groups is 1. The van der Waals surface area contributed by atoms with Gasteiger partial charge in [-0.05, 0) is 42.0 Å². The molecule has 0 aliphatic carbocycles. The van der Waals surface area contributed by atoms with Gasteiger partial charge in [-0.3, -0.25) is 4.79 Å². The van der Waals surface area contributed by atoms with Crippen LogP contribution in [0.15, 0.2) is 47.6 Å². The normalized spacial score (nSPS) is 10.6. The summed E-state index contributed by atoms with van der Waals surface area (Å²) in [6.07, 6.45) is 1.35. The largest absolute Gasteiger partial charge is 0.504 e. The number of nitrogens with zero attached hydrogens (tertiary/aromatic N) is 1. The number of amides is 1. The number of aromatic hydroxyl groups is 2. The predicted molar refractivity (Wildman–Crippen MR) is 75.7 cm³/mol. The lowest BCUT2D eigenvalue weighted by Gasteiger charge is -2.01. The minimum Gasteiger partial charge on any atom is -0.504 e. The number of nitrogens with two attached hydrogens (primary N) is 1. The average Bonchev–Trinajstić information content (AvgIpc) is 2.42. The molecule has 0 spiro atoms. The first-order valence-corrected chi connectivity index (χ1v) is 5.77. The molecule has 102 valence electrons. The average molecular weight is 271 g/mol. The molecule has 1 amide bonds. The van der Waals surface area contributed by atoms with E-state index < -0.39 is 5.91 Å². The molecule has 2 aromatic carbocycles. The molecule has 0 atom stereocenters. The molecule has 0 aliphatic heterocycles. The van der Waals surface area contributed by atoms with Crippen molar-refractivity contribution in [2.45, 2.75) is 0 Å². The lowest BCUT2D eigenvalue weighted by Crippen LogP contribution is -2.17. The quantitative estimate of drug-likeness (QED) is 0.293. The molecular weight excluding hydrogens is 258 g/mol. The minimum absolute atomic E-state index is 0.217. The molecule has 0 heterocycles. The van der Waals surface area contributed by atoms with E-state index in [1.165, 1.54) is 24.4 Å². The van der Waals surface area contributed by atoms with Crippen molar-refractivity contribution in [3.63, 3.8) is 0 Å². The monoisotopic (exact) mass is 271 g/mol. The van der Waals surface area contributed by atoms with Crippen LogP contribution < -0.4 is 11.2 Å². The van der Waals surface area contributed by atoms with Crippen molar-refractivity contribution in [3.8, 4) is 11.5 Å². The van der Waals surface area contributed by atoms with Crippen LogP contribution in [-0.4, -0.2) is 22.3 Å². The van der Waals surface area contributed by atoms with Gasteiger partial charge in [0.25, 0.3) is 5.91 Å². The van der Waals surface area contributed by atoms with E-state index in [0.29, 0.717) is 16.8 Å². The Morgan fingerprint density at radius 3 is 2.65 bits per heavy atom. The van der Waals surface area contributed by atoms with Gasteiger partial charge in [-0.25, -0.2) is 5.43 Å². The van der Waals surface area contributed by atoms with E-state index in [9.17, 15) is 9.90 Å². The van der Waals surface area contributed by atoms with E-state index in [2.05, 4.69) is 10.5 Å². The molecule has 2 rings (SSSR count). The number of nitrogen functional groups attached to an aromatic ring is 1. The summed E-state index contributed by atoms with van der Waals surface area (Å²) in [7, 11) is 0. The van der Waals surface area contributed by atoms with Gasteiger partial charge in [0.05, 0.1) is 6.21 Å². The van der Waals surface area contributed by atoms with Crippen LogP contribution in [0.25, 0.3) is 0 Å². The molecule has 2 aromatic rings. The van der Waals surface area contributed by atoms with Gasteiger partial charge in [0.15, 0.2) is 11.5 Å². The third-order valence-corrected chi connectivity index (χ3v) is 2.53. The number of anilines is 1. The first-order valence-electron chi connectivity index (χ1n) is 5.77. The summed E-state index contributed by atoms with van der Waals surface area (Å²) < 4.78 is 0. The molecule has 6 nitrogen and oxygen atoms in total. The summed E-state index contributed by atoms with van der Waals surface area (Å²) in [6, 6.07) is 10.7. The van der Waals surface area contributed by atoms with E-state index in [0.717, 1.165) is 0 Å². The van der Waals surface area contributed by atoms with Gasteiger partial charge in [-0.2, -0.15) is 5.10 Å². The van der Waals surface area contributed by atoms with Gasteiger partial charge in [-0.1, -0.05) is 6.07 Å². The molecule has 5 N–H and O–H groups in total. The van der Waals surface area contributed by atoms with E-state index in [1.54, 1.807) is 24.3 Å². The summed E-state index contributed by atoms with van der Waals surface area (Å²) >= 11 is 0. The van der Waals surface area contributed by atoms with Gasteiger partial charge >= 0.3 is 0 Å². The highest BCUT2D eigenvalue weighted by atomic mass is 16.3. The van der Waals surface area contributed by atoms with Crippen LogP contribution in [0.2, 0.25) is 0 Å². The SMILES string of the molecule is Nc1cccc(C(=O)N/N=C\c2ccc(O)c(O)c2)c1. The molecule has 20 heavy (non-hydrogen) atoms. The maximum Gasteiger partial charge on any atom is 0.271 e. The lowest BCUT2D eigenvalue weighted by molar-refractivity contribution is 0.0955. The second-order valence-electron chi connectivity index (χ2n) is 4.07. The fourth-order valence-corrected chi connectivity index (χ4v) is 1.53. The zero-order chi connectivity index (χ0) is 14.5. The van der Waals surface area contributed by atoms with Gasteiger partial charge in [0.1, 0.15) is 0 Å². The van der Waals surface area contributed by atoms with Crippen molar-refractivity contribution >= 4 is 17.8 Å². The number of rotatable bonds is 3. The van der Waals surface area contributed by atoms with E-state index in [1.807, 2.05) is 0 Å². The zero-order valence-electron chi connectivity index (χ0n) is 10.4. The molecule has 0 saturated carbocycles. The Hall–Kier alpha value is -3.02. The highest BCUT2D eigenvalue weighted by Gasteiger charge is 2.03. The molecule has 0 bridgehead atoms. The summed E-state index contributed by atoms with van der Waals surface area (Å²) in [6.45, 7) is 0. The van der Waals surface area contributed by atoms with Gasteiger partial charge in [-0.15, -0.1) is 0 Å². The van der Waals surface area contributed by atoms with E-state index >= 15 is 0 Å². The molecule has 0 radical (unpaired) electrons. The van der Waals surface area contributed by atoms with Crippen LogP contribution in [0.5, 0.6) is 11.5 Å². The maximum atomic E-state index is 11.7. The third kappa shape index (κ3) is 3.26. The highest BCUT2D eigenvalue weighted by molar-refractivity contribution is 5.95. The summed E-state index contributed by atoms with van der Waals surface area (Å²) in [5.74, 6) is -0.862. The lowest BCUT2D eigenvalue weighted by atomic mass is 10.2. The van der Waals surface area contributed by atoms with Crippen LogP contribution in [0, 0.1) is 0 Å². The summed E-state index contributed by atoms with van der Waals surface area (Å²) in [5, 5.41) is 22.2. The number of phenols is 2. The van der Waals surface area contributed by atoms with Crippen molar-refractivity contribution < 1.29 is 15.0 Å². The smallest absolute Gasteiger partial charge is 0.271 e. The van der Waals surface area contributed by atoms with Crippen LogP contribution in [0.4, 0.5) is 5.69 Å². The molecule has 0 fully saturated rings. The van der Waals surface area contributed by atoms with Gasteiger partial charge < -0.3 is 15.9 Å². The fraction of sp³-hybridized carbons (Fsp3) is 0. The topological polar surface area (TPSA) is 108 Å². The van der Waals surface area contributed by atoms with Crippen LogP contribution in [0.1, 0.15) is 15.9 Å². The van der Waals surface area contributed by atoms with Crippen molar-refractivity contribution in [1.82, 2.24) is 5.43 Å². The minimum atomic E-state index is -0.392. The number of phenolic OH excluding ortho intramolecular Hbond substituents is 2. The number of benzene rings is 2. The van der Waals surface area contributed by atoms with E-state index in [-0.39, 0.29) is 11.5 Å². The zero-order valence-corrected chi connectivity index (χ0v) is 10.4. The number of carbonyl (C=O) groups is 1.